The van der Waals surface area contributed by atoms with Crippen LogP contribution in [0, 0.1) is 11.3 Å². The number of carbonyl (C=O) groups excluding carboxylic acids is 3. The number of phenolic OH excluding ortho intramolecular Hbond substituents is 1. The Morgan fingerprint density at radius 1 is 1.09 bits per heavy atom. The second-order valence-electron chi connectivity index (χ2n) is 9.98. The van der Waals surface area contributed by atoms with Crippen LogP contribution >= 0.6 is 0 Å². The Morgan fingerprint density at radius 3 is 2.21 bits per heavy atom. The number of esters is 3. The van der Waals surface area contributed by atoms with Crippen molar-refractivity contribution in [1.82, 2.24) is 0 Å². The van der Waals surface area contributed by atoms with Gasteiger partial charge in [0, 0.05) is 30.7 Å². The molecular formula is C25H34O8. The van der Waals surface area contributed by atoms with E-state index in [1.165, 1.54) is 21.0 Å². The standard InChI is InChI=1S/C25H34O8/c1-12(2)15-10-16-19(17(28)11-15)25(6)18(32-13(3)26)8-9-24(5,23(30)31-7)22(25)21(20(16)29)33-14(4)27/h10-12,18,20-22,28-29H,8-9H2,1-7H3/t18-,20+,21+,22-,24+,25+/m0/s1. The van der Waals surface area contributed by atoms with Crippen molar-refractivity contribution in [1.29, 1.82) is 0 Å². The number of rotatable bonds is 4. The summed E-state index contributed by atoms with van der Waals surface area (Å²) in [4.78, 5) is 37.2. The molecule has 0 unspecified atom stereocenters. The lowest BCUT2D eigenvalue weighted by Gasteiger charge is -2.59. The van der Waals surface area contributed by atoms with E-state index < -0.39 is 53.0 Å². The highest BCUT2D eigenvalue weighted by Gasteiger charge is 2.67. The first-order valence-electron chi connectivity index (χ1n) is 11.3. The van der Waals surface area contributed by atoms with Crippen molar-refractivity contribution >= 4 is 17.9 Å². The van der Waals surface area contributed by atoms with Gasteiger partial charge < -0.3 is 24.4 Å². The first-order chi connectivity index (χ1) is 15.3. The number of hydrogen-bond donors (Lipinski definition) is 2. The lowest BCUT2D eigenvalue weighted by Crippen LogP contribution is -2.65. The number of hydrogen-bond acceptors (Lipinski definition) is 8. The Labute approximate surface area is 194 Å². The normalized spacial score (nSPS) is 33.0. The van der Waals surface area contributed by atoms with Crippen molar-refractivity contribution in [3.63, 3.8) is 0 Å². The average Bonchev–Trinajstić information content (AvgIpc) is 2.72. The topological polar surface area (TPSA) is 119 Å². The van der Waals surface area contributed by atoms with Crippen molar-refractivity contribution in [2.45, 2.75) is 84.0 Å². The molecule has 0 saturated heterocycles. The van der Waals surface area contributed by atoms with E-state index in [1.54, 1.807) is 26.0 Å². The van der Waals surface area contributed by atoms with E-state index in [9.17, 15) is 24.6 Å². The molecule has 2 N–H and O–H groups in total. The fourth-order valence-electron chi connectivity index (χ4n) is 6.12. The average molecular weight is 463 g/mol. The van der Waals surface area contributed by atoms with Crippen LogP contribution in [-0.2, 0) is 34.0 Å². The van der Waals surface area contributed by atoms with Gasteiger partial charge in [-0.1, -0.05) is 26.8 Å². The highest BCUT2D eigenvalue weighted by atomic mass is 16.6. The molecule has 0 aliphatic heterocycles. The number of methoxy groups -OCH3 is 1. The minimum atomic E-state index is -1.30. The highest BCUT2D eigenvalue weighted by Crippen LogP contribution is 2.62. The summed E-state index contributed by atoms with van der Waals surface area (Å²) >= 11 is 0. The third kappa shape index (κ3) is 3.88. The van der Waals surface area contributed by atoms with E-state index in [4.69, 9.17) is 14.2 Å². The molecule has 6 atom stereocenters. The Morgan fingerprint density at radius 2 is 1.70 bits per heavy atom. The van der Waals surface area contributed by atoms with Crippen LogP contribution in [0.15, 0.2) is 12.1 Å². The number of carbonyl (C=O) groups is 3. The van der Waals surface area contributed by atoms with Gasteiger partial charge in [0.15, 0.2) is 0 Å². The van der Waals surface area contributed by atoms with Crippen LogP contribution in [0.5, 0.6) is 5.75 Å². The molecule has 2 aliphatic carbocycles. The summed E-state index contributed by atoms with van der Waals surface area (Å²) in [5.41, 5.74) is -0.739. The van der Waals surface area contributed by atoms with Gasteiger partial charge >= 0.3 is 17.9 Å². The van der Waals surface area contributed by atoms with Gasteiger partial charge in [0.2, 0.25) is 0 Å². The molecule has 1 aromatic carbocycles. The summed E-state index contributed by atoms with van der Waals surface area (Å²) in [7, 11) is 1.28. The summed E-state index contributed by atoms with van der Waals surface area (Å²) in [5, 5.41) is 22.7. The van der Waals surface area contributed by atoms with Crippen LogP contribution in [-0.4, -0.2) is 47.4 Å². The second-order valence-corrected chi connectivity index (χ2v) is 9.98. The van der Waals surface area contributed by atoms with Gasteiger partial charge in [-0.05, 0) is 42.9 Å². The summed E-state index contributed by atoms with van der Waals surface area (Å²) in [6.45, 7) is 9.96. The molecule has 1 saturated carbocycles. The zero-order valence-corrected chi connectivity index (χ0v) is 20.3. The van der Waals surface area contributed by atoms with E-state index in [0.717, 1.165) is 5.56 Å². The van der Waals surface area contributed by atoms with Crippen LogP contribution in [0.2, 0.25) is 0 Å². The van der Waals surface area contributed by atoms with Crippen molar-refractivity contribution in [3.8, 4) is 5.75 Å². The molecule has 33 heavy (non-hydrogen) atoms. The van der Waals surface area contributed by atoms with Crippen molar-refractivity contribution in [2.24, 2.45) is 11.3 Å². The second kappa shape index (κ2) is 8.63. The zero-order chi connectivity index (χ0) is 24.9. The smallest absolute Gasteiger partial charge is 0.311 e. The number of benzene rings is 1. The van der Waals surface area contributed by atoms with Crippen molar-refractivity contribution in [3.05, 3.63) is 28.8 Å². The van der Waals surface area contributed by atoms with Gasteiger partial charge in [-0.15, -0.1) is 0 Å². The van der Waals surface area contributed by atoms with Crippen LogP contribution in [0.25, 0.3) is 0 Å². The predicted molar refractivity (Wildman–Crippen MR) is 118 cm³/mol. The van der Waals surface area contributed by atoms with Crippen LogP contribution in [0.3, 0.4) is 0 Å². The summed E-state index contributed by atoms with van der Waals surface area (Å²) in [6, 6.07) is 3.43. The minimum Gasteiger partial charge on any atom is -0.508 e. The molecule has 0 bridgehead atoms. The molecule has 8 heteroatoms. The van der Waals surface area contributed by atoms with Gasteiger partial charge in [-0.25, -0.2) is 0 Å². The van der Waals surface area contributed by atoms with E-state index in [-0.39, 0.29) is 18.1 Å². The van der Waals surface area contributed by atoms with Gasteiger partial charge in [0.05, 0.1) is 12.5 Å². The van der Waals surface area contributed by atoms with E-state index in [0.29, 0.717) is 17.5 Å². The number of aliphatic hydroxyl groups is 1. The SMILES string of the molecule is COC(=O)[C@]1(C)CC[C@H](OC(C)=O)[C@]2(C)c3c(O)cc(C(C)C)cc3[C@@H](O)[C@@H](OC(C)=O)[C@H]21. The molecule has 1 fully saturated rings. The maximum atomic E-state index is 13.1. The van der Waals surface area contributed by atoms with Gasteiger partial charge in [0.25, 0.3) is 0 Å². The molecule has 0 radical (unpaired) electrons. The summed E-state index contributed by atoms with van der Waals surface area (Å²) in [6.07, 6.45) is -2.54. The number of ether oxygens (including phenoxy) is 3. The Kier molecular flexibility index (Phi) is 6.54. The molecule has 1 aromatic rings. The lowest BCUT2D eigenvalue weighted by atomic mass is 9.47. The molecule has 0 aromatic heterocycles. The Hall–Kier alpha value is -2.61. The molecule has 8 nitrogen and oxygen atoms in total. The lowest BCUT2D eigenvalue weighted by molar-refractivity contribution is -0.204. The van der Waals surface area contributed by atoms with Gasteiger partial charge in [0.1, 0.15) is 24.1 Å². The Balaban J connectivity index is 2.39. The first-order valence-corrected chi connectivity index (χ1v) is 11.3. The van der Waals surface area contributed by atoms with Crippen LogP contribution in [0.1, 0.15) is 83.1 Å². The number of aromatic hydroxyl groups is 1. The van der Waals surface area contributed by atoms with E-state index >= 15 is 0 Å². The first kappa shape index (κ1) is 25.0. The fraction of sp³-hybridized carbons (Fsp3) is 0.640. The molecule has 3 rings (SSSR count). The van der Waals surface area contributed by atoms with Gasteiger partial charge in [-0.3, -0.25) is 14.4 Å². The third-order valence-corrected chi connectivity index (χ3v) is 7.52. The summed E-state index contributed by atoms with van der Waals surface area (Å²) in [5.74, 6) is -2.48. The highest BCUT2D eigenvalue weighted by molar-refractivity contribution is 5.78. The number of fused-ring (bicyclic) bond motifs is 3. The molecule has 0 amide bonds. The molecular weight excluding hydrogens is 428 g/mol. The fourth-order valence-corrected chi connectivity index (χ4v) is 6.12. The summed E-state index contributed by atoms with van der Waals surface area (Å²) < 4.78 is 16.5. The van der Waals surface area contributed by atoms with E-state index in [2.05, 4.69) is 0 Å². The molecule has 0 spiro atoms. The quantitative estimate of drug-likeness (QED) is 0.517. The van der Waals surface area contributed by atoms with Crippen LogP contribution in [0.4, 0.5) is 0 Å². The number of aliphatic hydroxyl groups excluding tert-OH is 1. The van der Waals surface area contributed by atoms with Crippen molar-refractivity contribution in [2.75, 3.05) is 7.11 Å². The van der Waals surface area contributed by atoms with Crippen LogP contribution < -0.4 is 0 Å². The molecule has 2 aliphatic rings. The monoisotopic (exact) mass is 462 g/mol. The predicted octanol–water partition coefficient (Wildman–Crippen LogP) is 3.27. The number of phenols is 1. The maximum absolute atomic E-state index is 13.1. The molecule has 182 valence electrons. The van der Waals surface area contributed by atoms with Crippen molar-refractivity contribution < 1.29 is 38.8 Å². The zero-order valence-electron chi connectivity index (χ0n) is 20.3. The van der Waals surface area contributed by atoms with Gasteiger partial charge in [-0.2, -0.15) is 0 Å². The Bertz CT molecular complexity index is 969. The third-order valence-electron chi connectivity index (χ3n) is 7.52. The minimum absolute atomic E-state index is 0.0575. The molecule has 0 heterocycles. The largest absolute Gasteiger partial charge is 0.508 e. The van der Waals surface area contributed by atoms with E-state index in [1.807, 2.05) is 13.8 Å². The maximum Gasteiger partial charge on any atom is 0.311 e.